The van der Waals surface area contributed by atoms with Crippen LogP contribution in [0, 0.1) is 51.8 Å². The fourth-order valence-corrected chi connectivity index (χ4v) is 9.58. The highest BCUT2D eigenvalue weighted by molar-refractivity contribution is 6.08. The average molecular weight is 429 g/mol. The summed E-state index contributed by atoms with van der Waals surface area (Å²) < 4.78 is 0. The van der Waals surface area contributed by atoms with Crippen LogP contribution in [0.25, 0.3) is 0 Å². The van der Waals surface area contributed by atoms with Crippen molar-refractivity contribution >= 4 is 11.8 Å². The van der Waals surface area contributed by atoms with Gasteiger partial charge in [0.05, 0.1) is 0 Å². The lowest BCUT2D eigenvalue weighted by atomic mass is 9.44. The monoisotopic (exact) mass is 428 g/mol. The number of carboxylic acid groups (broad SMARTS) is 1. The molecule has 0 bridgehead atoms. The Hall–Kier alpha value is -1.12. The molecule has 1 N–H and O–H groups in total. The molecule has 4 aliphatic rings. The van der Waals surface area contributed by atoms with Crippen molar-refractivity contribution in [2.45, 2.75) is 98.3 Å². The molecule has 2 unspecified atom stereocenters. The third-order valence-corrected chi connectivity index (χ3v) is 11.3. The minimum absolute atomic E-state index is 0.234. The molecule has 31 heavy (non-hydrogen) atoms. The van der Waals surface area contributed by atoms with E-state index in [4.69, 9.17) is 0 Å². The first-order valence-electron chi connectivity index (χ1n) is 13.0. The van der Waals surface area contributed by atoms with Gasteiger partial charge in [0.1, 0.15) is 5.41 Å². The molecule has 0 aliphatic heterocycles. The first kappa shape index (κ1) is 23.1. The van der Waals surface area contributed by atoms with Gasteiger partial charge in [-0.1, -0.05) is 40.2 Å². The highest BCUT2D eigenvalue weighted by Gasteiger charge is 2.60. The maximum absolute atomic E-state index is 12.4. The number of hydrogen-bond donors (Lipinski definition) is 1. The minimum Gasteiger partial charge on any atom is -0.480 e. The lowest BCUT2D eigenvalue weighted by Crippen LogP contribution is -2.53. The average Bonchev–Trinajstić information content (AvgIpc) is 3.09. The van der Waals surface area contributed by atoms with Crippen LogP contribution in [0.5, 0.6) is 0 Å². The van der Waals surface area contributed by atoms with E-state index < -0.39 is 11.4 Å². The van der Waals surface area contributed by atoms with E-state index in [1.807, 2.05) is 0 Å². The first-order chi connectivity index (χ1) is 14.6. The summed E-state index contributed by atoms with van der Waals surface area (Å²) >= 11 is 0. The van der Waals surface area contributed by atoms with Crippen molar-refractivity contribution in [1.82, 2.24) is 0 Å². The van der Waals surface area contributed by atoms with Gasteiger partial charge >= 0.3 is 5.97 Å². The number of fused-ring (bicyclic) bond motifs is 5. The van der Waals surface area contributed by atoms with Gasteiger partial charge < -0.3 is 5.11 Å². The molecule has 9 atom stereocenters. The highest BCUT2D eigenvalue weighted by Crippen LogP contribution is 2.68. The Balaban J connectivity index is 1.54. The number of rotatable bonds is 6. The van der Waals surface area contributed by atoms with Gasteiger partial charge in [0.15, 0.2) is 5.78 Å². The fraction of sp³-hybridized carbons (Fsp3) is 0.857. The molecule has 0 radical (unpaired) electrons. The number of hydrogen-bond acceptors (Lipinski definition) is 2. The Labute approximate surface area is 189 Å². The third-order valence-electron chi connectivity index (χ3n) is 11.3. The largest absolute Gasteiger partial charge is 0.480 e. The molecule has 3 heteroatoms. The van der Waals surface area contributed by atoms with Crippen LogP contribution in [0.1, 0.15) is 98.3 Å². The van der Waals surface area contributed by atoms with Crippen LogP contribution in [0.3, 0.4) is 0 Å². The topological polar surface area (TPSA) is 54.4 Å². The predicted molar refractivity (Wildman–Crippen MR) is 125 cm³/mol. The molecule has 0 aromatic rings. The van der Waals surface area contributed by atoms with Gasteiger partial charge in [0, 0.05) is 0 Å². The predicted octanol–water partition coefficient (Wildman–Crippen LogP) is 6.91. The van der Waals surface area contributed by atoms with E-state index >= 15 is 0 Å². The smallest absolute Gasteiger partial charge is 0.317 e. The van der Waals surface area contributed by atoms with E-state index in [1.165, 1.54) is 70.3 Å². The van der Waals surface area contributed by atoms with Gasteiger partial charge in [-0.2, -0.15) is 0 Å². The first-order valence-corrected chi connectivity index (χ1v) is 13.0. The molecule has 0 spiro atoms. The SMILES string of the molecule is C=CC(=O)C(C)(C[C@@H](C)[C@H]1CC[C@H]2[C@@H]3CCC4CCCC[C@]4(C)[C@H]3CC[C@]12C)C(=O)O. The van der Waals surface area contributed by atoms with Crippen molar-refractivity contribution in [1.29, 1.82) is 0 Å². The van der Waals surface area contributed by atoms with E-state index in [2.05, 4.69) is 27.4 Å². The number of ketones is 1. The summed E-state index contributed by atoms with van der Waals surface area (Å²) in [5.74, 6) is 2.88. The molecule has 0 aromatic heterocycles. The number of carbonyl (C=O) groups is 2. The second-order valence-electron chi connectivity index (χ2n) is 12.5. The molecule has 0 heterocycles. The molecular formula is C28H44O3. The summed E-state index contributed by atoms with van der Waals surface area (Å²) in [5, 5.41) is 9.85. The Kier molecular flexibility index (Phi) is 5.97. The highest BCUT2D eigenvalue weighted by atomic mass is 16.4. The quantitative estimate of drug-likeness (QED) is 0.369. The third kappa shape index (κ3) is 3.44. The van der Waals surface area contributed by atoms with Crippen molar-refractivity contribution in [2.24, 2.45) is 51.8 Å². The van der Waals surface area contributed by atoms with Crippen LogP contribution in [0.2, 0.25) is 0 Å². The van der Waals surface area contributed by atoms with Crippen LogP contribution in [0.15, 0.2) is 12.7 Å². The summed E-state index contributed by atoms with van der Waals surface area (Å²) in [6, 6.07) is 0. The second kappa shape index (κ2) is 8.03. The lowest BCUT2D eigenvalue weighted by molar-refractivity contribution is -0.154. The Bertz CT molecular complexity index is 743. The summed E-state index contributed by atoms with van der Waals surface area (Å²) in [6.07, 6.45) is 15.3. The zero-order valence-electron chi connectivity index (χ0n) is 20.3. The Morgan fingerprint density at radius 3 is 2.42 bits per heavy atom. The molecule has 0 saturated heterocycles. The van der Waals surface area contributed by atoms with Crippen LogP contribution in [0.4, 0.5) is 0 Å². The summed E-state index contributed by atoms with van der Waals surface area (Å²) in [5.41, 5.74) is -0.486. The molecular weight excluding hydrogens is 384 g/mol. The summed E-state index contributed by atoms with van der Waals surface area (Å²) in [6.45, 7) is 12.5. The van der Waals surface area contributed by atoms with Crippen molar-refractivity contribution in [2.75, 3.05) is 0 Å². The van der Waals surface area contributed by atoms with Crippen LogP contribution >= 0.6 is 0 Å². The van der Waals surface area contributed by atoms with E-state index in [-0.39, 0.29) is 11.7 Å². The van der Waals surface area contributed by atoms with E-state index in [9.17, 15) is 14.7 Å². The molecule has 4 rings (SSSR count). The molecule has 3 nitrogen and oxygen atoms in total. The molecule has 4 fully saturated rings. The van der Waals surface area contributed by atoms with E-state index in [1.54, 1.807) is 6.92 Å². The number of carboxylic acids is 1. The second-order valence-corrected chi connectivity index (χ2v) is 12.5. The van der Waals surface area contributed by atoms with Crippen LogP contribution in [-0.4, -0.2) is 16.9 Å². The summed E-state index contributed by atoms with van der Waals surface area (Å²) in [4.78, 5) is 24.5. The van der Waals surface area contributed by atoms with Gasteiger partial charge in [-0.25, -0.2) is 0 Å². The van der Waals surface area contributed by atoms with Gasteiger partial charge in [-0.15, -0.1) is 0 Å². The van der Waals surface area contributed by atoms with Crippen LogP contribution < -0.4 is 0 Å². The van der Waals surface area contributed by atoms with Gasteiger partial charge in [-0.05, 0) is 117 Å². The van der Waals surface area contributed by atoms with Gasteiger partial charge in [0.25, 0.3) is 0 Å². The van der Waals surface area contributed by atoms with E-state index in [0.29, 0.717) is 23.2 Å². The molecule has 4 saturated carbocycles. The van der Waals surface area contributed by atoms with Crippen LogP contribution in [-0.2, 0) is 9.59 Å². The maximum atomic E-state index is 12.4. The Morgan fingerprint density at radius 2 is 1.74 bits per heavy atom. The normalized spacial score (nSPS) is 44.8. The van der Waals surface area contributed by atoms with Crippen molar-refractivity contribution in [3.63, 3.8) is 0 Å². The van der Waals surface area contributed by atoms with E-state index in [0.717, 1.165) is 23.7 Å². The van der Waals surface area contributed by atoms with Crippen molar-refractivity contribution in [3.8, 4) is 0 Å². The number of allylic oxidation sites excluding steroid dienone is 1. The fourth-order valence-electron chi connectivity index (χ4n) is 9.58. The Morgan fingerprint density at radius 1 is 1.03 bits per heavy atom. The molecule has 0 amide bonds. The lowest BCUT2D eigenvalue weighted by Gasteiger charge is -2.61. The maximum Gasteiger partial charge on any atom is 0.317 e. The molecule has 4 aliphatic carbocycles. The van der Waals surface area contributed by atoms with Gasteiger partial charge in [0.2, 0.25) is 0 Å². The number of carbonyl (C=O) groups excluding carboxylic acids is 1. The van der Waals surface area contributed by atoms with Gasteiger partial charge in [-0.3, -0.25) is 9.59 Å². The minimum atomic E-state index is -1.35. The number of aliphatic carboxylic acids is 1. The summed E-state index contributed by atoms with van der Waals surface area (Å²) in [7, 11) is 0. The van der Waals surface area contributed by atoms with Crippen molar-refractivity contribution < 1.29 is 14.7 Å². The standard InChI is InChI=1S/C28H44O3/c1-6-24(29)28(5,25(30)31)17-18(2)21-12-13-22-20-11-10-19-9-7-8-15-26(19,3)23(20)14-16-27(21,22)4/h6,18-23H,1,7-17H2,2-5H3,(H,30,31)/t18-,19?,20+,21-,22+,23+,26+,27-,28?/m1/s1. The van der Waals surface area contributed by atoms with Crippen molar-refractivity contribution in [3.05, 3.63) is 12.7 Å². The molecule has 0 aromatic carbocycles. The zero-order chi connectivity index (χ0) is 22.6. The zero-order valence-corrected chi connectivity index (χ0v) is 20.3. The molecule has 174 valence electrons.